The molecule has 0 bridgehead atoms. The van der Waals surface area contributed by atoms with Gasteiger partial charge in [0.05, 0.1) is 27.9 Å². The fourth-order valence-electron chi connectivity index (χ4n) is 1.74. The van der Waals surface area contributed by atoms with Crippen molar-refractivity contribution in [3.05, 3.63) is 17.2 Å². The monoisotopic (exact) mass is 254 g/mol. The molecule has 0 saturated heterocycles. The Morgan fingerprint density at radius 1 is 1.11 bits per heavy atom. The predicted octanol–water partition coefficient (Wildman–Crippen LogP) is 2.20. The number of ether oxygens (including phenoxy) is 4. The molecule has 0 N–H and O–H groups in total. The van der Waals surface area contributed by atoms with E-state index in [2.05, 4.69) is 0 Å². The summed E-state index contributed by atoms with van der Waals surface area (Å²) in [5.74, 6) is 0.895. The van der Waals surface area contributed by atoms with E-state index in [1.54, 1.807) is 27.0 Å². The first-order valence-corrected chi connectivity index (χ1v) is 5.57. The fraction of sp³-hybridized carbons (Fsp3) is 0.462. The lowest BCUT2D eigenvalue weighted by Gasteiger charge is -2.16. The zero-order chi connectivity index (χ0) is 13.7. The smallest absolute Gasteiger partial charge is 0.345 e. The van der Waals surface area contributed by atoms with Gasteiger partial charge < -0.3 is 18.9 Å². The summed E-state index contributed by atoms with van der Waals surface area (Å²) in [6, 6.07) is 1.64. The molecule has 0 aliphatic heterocycles. The molecule has 1 aromatic rings. The average Bonchev–Trinajstić information content (AvgIpc) is 2.38. The molecule has 18 heavy (non-hydrogen) atoms. The first-order valence-electron chi connectivity index (χ1n) is 5.57. The van der Waals surface area contributed by atoms with Gasteiger partial charge in [0.1, 0.15) is 22.8 Å². The van der Waals surface area contributed by atoms with Crippen molar-refractivity contribution < 1.29 is 23.7 Å². The van der Waals surface area contributed by atoms with Crippen LogP contribution >= 0.6 is 0 Å². The number of carbonyl (C=O) groups is 1. The summed E-state index contributed by atoms with van der Waals surface area (Å²) in [5, 5.41) is 0. The highest BCUT2D eigenvalue weighted by Gasteiger charge is 2.24. The summed E-state index contributed by atoms with van der Waals surface area (Å²) in [6.07, 6.45) is 0. The molecule has 5 nitrogen and oxygen atoms in total. The minimum atomic E-state index is -0.475. The molecule has 0 aliphatic rings. The molecule has 0 atom stereocenters. The number of hydrogen-bond acceptors (Lipinski definition) is 5. The Morgan fingerprint density at radius 3 is 2.17 bits per heavy atom. The molecule has 5 heteroatoms. The number of hydrogen-bond donors (Lipinski definition) is 0. The van der Waals surface area contributed by atoms with Gasteiger partial charge in [0.25, 0.3) is 0 Å². The minimum Gasteiger partial charge on any atom is -0.496 e. The zero-order valence-electron chi connectivity index (χ0n) is 11.3. The summed E-state index contributed by atoms with van der Waals surface area (Å²) < 4.78 is 20.7. The van der Waals surface area contributed by atoms with Gasteiger partial charge in [0, 0.05) is 11.6 Å². The van der Waals surface area contributed by atoms with E-state index in [0.29, 0.717) is 17.2 Å². The van der Waals surface area contributed by atoms with Gasteiger partial charge in [0.2, 0.25) is 0 Å². The second kappa shape index (κ2) is 6.14. The van der Waals surface area contributed by atoms with Crippen molar-refractivity contribution in [2.24, 2.45) is 0 Å². The van der Waals surface area contributed by atoms with Crippen molar-refractivity contribution in [1.82, 2.24) is 0 Å². The van der Waals surface area contributed by atoms with Crippen molar-refractivity contribution in [3.63, 3.8) is 0 Å². The average molecular weight is 254 g/mol. The molecule has 0 spiro atoms. The Morgan fingerprint density at radius 2 is 1.72 bits per heavy atom. The number of rotatable bonds is 5. The molecule has 1 rings (SSSR count). The van der Waals surface area contributed by atoms with Gasteiger partial charge in [-0.1, -0.05) is 0 Å². The molecule has 0 amide bonds. The molecule has 0 aliphatic carbocycles. The second-order valence-corrected chi connectivity index (χ2v) is 3.53. The lowest BCUT2D eigenvalue weighted by atomic mass is 10.1. The maximum Gasteiger partial charge on any atom is 0.345 e. The van der Waals surface area contributed by atoms with Crippen LogP contribution in [-0.4, -0.2) is 33.9 Å². The van der Waals surface area contributed by atoms with Crippen molar-refractivity contribution in [1.29, 1.82) is 0 Å². The van der Waals surface area contributed by atoms with Crippen LogP contribution in [0.2, 0.25) is 0 Å². The molecule has 1 aromatic carbocycles. The number of esters is 1. The molecule has 0 saturated carbocycles. The van der Waals surface area contributed by atoms with Crippen molar-refractivity contribution in [2.75, 3.05) is 27.9 Å². The van der Waals surface area contributed by atoms with Crippen LogP contribution in [0.5, 0.6) is 17.2 Å². The molecule has 0 unspecified atom stereocenters. The van der Waals surface area contributed by atoms with Crippen LogP contribution in [0.4, 0.5) is 0 Å². The molecule has 0 heterocycles. The highest BCUT2D eigenvalue weighted by Crippen LogP contribution is 2.38. The van der Waals surface area contributed by atoms with E-state index in [1.807, 2.05) is 0 Å². The number of methoxy groups -OCH3 is 3. The number of carbonyl (C=O) groups excluding carboxylic acids is 1. The van der Waals surface area contributed by atoms with E-state index < -0.39 is 5.97 Å². The maximum atomic E-state index is 11.9. The van der Waals surface area contributed by atoms with E-state index in [4.69, 9.17) is 18.9 Å². The summed E-state index contributed by atoms with van der Waals surface area (Å²) in [6.45, 7) is 3.84. The van der Waals surface area contributed by atoms with Gasteiger partial charge in [0.15, 0.2) is 0 Å². The molecular weight excluding hydrogens is 236 g/mol. The van der Waals surface area contributed by atoms with E-state index in [-0.39, 0.29) is 12.2 Å². The minimum absolute atomic E-state index is 0.278. The third kappa shape index (κ3) is 2.50. The Kier molecular flexibility index (Phi) is 4.83. The number of benzene rings is 1. The van der Waals surface area contributed by atoms with Gasteiger partial charge in [-0.3, -0.25) is 0 Å². The van der Waals surface area contributed by atoms with Crippen LogP contribution in [-0.2, 0) is 4.74 Å². The zero-order valence-corrected chi connectivity index (χ0v) is 11.3. The molecule has 100 valence electrons. The first kappa shape index (κ1) is 14.2. The Labute approximate surface area is 107 Å². The van der Waals surface area contributed by atoms with Gasteiger partial charge in [-0.2, -0.15) is 0 Å². The normalized spacial score (nSPS) is 9.83. The van der Waals surface area contributed by atoms with Gasteiger partial charge in [-0.15, -0.1) is 0 Å². The quantitative estimate of drug-likeness (QED) is 0.754. The lowest BCUT2D eigenvalue weighted by molar-refractivity contribution is 0.0518. The summed E-state index contributed by atoms with van der Waals surface area (Å²) in [4.78, 5) is 11.9. The predicted molar refractivity (Wildman–Crippen MR) is 66.8 cm³/mol. The standard InChI is InChI=1S/C13H18O5/c1-6-18-13(14)11-10(16-4)7-9(15-3)8(2)12(11)17-5/h7H,6H2,1-5H3. The van der Waals surface area contributed by atoms with Crippen LogP contribution in [0.25, 0.3) is 0 Å². The largest absolute Gasteiger partial charge is 0.496 e. The third-order valence-electron chi connectivity index (χ3n) is 2.57. The summed E-state index contributed by atoms with van der Waals surface area (Å²) in [5.41, 5.74) is 1.00. The van der Waals surface area contributed by atoms with Crippen LogP contribution in [0.15, 0.2) is 6.07 Å². The first-order chi connectivity index (χ1) is 8.60. The highest BCUT2D eigenvalue weighted by atomic mass is 16.5. The molecular formula is C13H18O5. The van der Waals surface area contributed by atoms with Crippen LogP contribution < -0.4 is 14.2 Å². The highest BCUT2D eigenvalue weighted by molar-refractivity contribution is 5.96. The Bertz CT molecular complexity index is 439. The van der Waals surface area contributed by atoms with Crippen LogP contribution in [0.3, 0.4) is 0 Å². The van der Waals surface area contributed by atoms with E-state index in [9.17, 15) is 4.79 Å². The van der Waals surface area contributed by atoms with Crippen LogP contribution in [0.1, 0.15) is 22.8 Å². The molecule has 0 aromatic heterocycles. The van der Waals surface area contributed by atoms with Crippen molar-refractivity contribution >= 4 is 5.97 Å². The van der Waals surface area contributed by atoms with Gasteiger partial charge >= 0.3 is 5.97 Å². The third-order valence-corrected chi connectivity index (χ3v) is 2.57. The van der Waals surface area contributed by atoms with E-state index in [0.717, 1.165) is 5.56 Å². The van der Waals surface area contributed by atoms with Crippen molar-refractivity contribution in [3.8, 4) is 17.2 Å². The fourth-order valence-corrected chi connectivity index (χ4v) is 1.74. The Balaban J connectivity index is 3.46. The summed E-state index contributed by atoms with van der Waals surface area (Å²) >= 11 is 0. The van der Waals surface area contributed by atoms with Gasteiger partial charge in [-0.25, -0.2) is 4.79 Å². The molecule has 0 fully saturated rings. The SMILES string of the molecule is CCOC(=O)c1c(OC)cc(OC)c(C)c1OC. The van der Waals surface area contributed by atoms with Crippen molar-refractivity contribution in [2.45, 2.75) is 13.8 Å². The molecule has 0 radical (unpaired) electrons. The topological polar surface area (TPSA) is 54.0 Å². The summed E-state index contributed by atoms with van der Waals surface area (Å²) in [7, 11) is 4.52. The Hall–Kier alpha value is -1.91. The van der Waals surface area contributed by atoms with E-state index in [1.165, 1.54) is 14.2 Å². The maximum absolute atomic E-state index is 11.9. The van der Waals surface area contributed by atoms with E-state index >= 15 is 0 Å². The lowest BCUT2D eigenvalue weighted by Crippen LogP contribution is -2.10. The van der Waals surface area contributed by atoms with Gasteiger partial charge in [-0.05, 0) is 13.8 Å². The second-order valence-electron chi connectivity index (χ2n) is 3.53. The van der Waals surface area contributed by atoms with Crippen LogP contribution in [0, 0.1) is 6.92 Å².